The van der Waals surface area contributed by atoms with Crippen molar-refractivity contribution in [1.29, 1.82) is 0 Å². The summed E-state index contributed by atoms with van der Waals surface area (Å²) >= 11 is 1.65. The Hall–Kier alpha value is -2.00. The molecular formula is C14H19N7OS. The van der Waals surface area contributed by atoms with E-state index in [2.05, 4.69) is 30.0 Å². The van der Waals surface area contributed by atoms with Crippen LogP contribution < -0.4 is 4.90 Å². The van der Waals surface area contributed by atoms with Gasteiger partial charge in [-0.05, 0) is 13.3 Å². The minimum atomic E-state index is 0.623. The Morgan fingerprint density at radius 2 is 2.09 bits per heavy atom. The lowest BCUT2D eigenvalue weighted by Crippen LogP contribution is -2.30. The summed E-state index contributed by atoms with van der Waals surface area (Å²) in [4.78, 5) is 14.4. The minimum absolute atomic E-state index is 0.623. The molecule has 0 aromatic carbocycles. The Morgan fingerprint density at radius 1 is 1.17 bits per heavy atom. The number of rotatable bonds is 3. The van der Waals surface area contributed by atoms with Crippen LogP contribution in [-0.2, 0) is 6.54 Å². The van der Waals surface area contributed by atoms with Crippen LogP contribution in [0.2, 0.25) is 0 Å². The van der Waals surface area contributed by atoms with Crippen LogP contribution in [0.1, 0.15) is 23.8 Å². The molecule has 23 heavy (non-hydrogen) atoms. The number of hydrogen-bond donors (Lipinski definition) is 0. The molecule has 0 N–H and O–H groups in total. The van der Waals surface area contributed by atoms with Gasteiger partial charge in [0.1, 0.15) is 0 Å². The van der Waals surface area contributed by atoms with E-state index in [1.807, 2.05) is 24.6 Å². The van der Waals surface area contributed by atoms with E-state index in [0.717, 1.165) is 60.8 Å². The van der Waals surface area contributed by atoms with Crippen molar-refractivity contribution in [2.45, 2.75) is 26.8 Å². The number of aromatic nitrogens is 5. The van der Waals surface area contributed by atoms with Gasteiger partial charge in [-0.15, -0.1) is 5.10 Å². The predicted molar refractivity (Wildman–Crippen MR) is 86.7 cm³/mol. The van der Waals surface area contributed by atoms with Crippen molar-refractivity contribution in [2.24, 2.45) is 0 Å². The van der Waals surface area contributed by atoms with Gasteiger partial charge >= 0.3 is 0 Å². The maximum Gasteiger partial charge on any atom is 0.223 e. The Balaban J connectivity index is 1.42. The number of fused-ring (bicyclic) bond motifs is 1. The molecule has 3 aromatic heterocycles. The summed E-state index contributed by atoms with van der Waals surface area (Å²) in [5, 5.41) is 9.68. The summed E-state index contributed by atoms with van der Waals surface area (Å²) in [5.74, 6) is 1.39. The fraction of sp³-hybridized carbons (Fsp3) is 0.571. The number of nitrogens with zero attached hydrogens (tertiary/aromatic N) is 7. The van der Waals surface area contributed by atoms with Gasteiger partial charge in [-0.1, -0.05) is 16.5 Å². The van der Waals surface area contributed by atoms with E-state index in [0.29, 0.717) is 5.89 Å². The highest BCUT2D eigenvalue weighted by Crippen LogP contribution is 2.24. The van der Waals surface area contributed by atoms with Crippen LogP contribution >= 0.6 is 11.3 Å². The van der Waals surface area contributed by atoms with Gasteiger partial charge in [0.15, 0.2) is 5.82 Å². The molecule has 9 heteroatoms. The van der Waals surface area contributed by atoms with Crippen LogP contribution in [0, 0.1) is 13.8 Å². The van der Waals surface area contributed by atoms with Crippen LogP contribution in [-0.4, -0.2) is 55.8 Å². The third-order valence-electron chi connectivity index (χ3n) is 3.95. The first-order valence-electron chi connectivity index (χ1n) is 7.77. The van der Waals surface area contributed by atoms with Crippen LogP contribution in [0.25, 0.3) is 4.96 Å². The second-order valence-electron chi connectivity index (χ2n) is 5.84. The topological polar surface area (TPSA) is 75.6 Å². The number of aryl methyl sites for hydroxylation is 2. The largest absolute Gasteiger partial charge is 0.345 e. The lowest BCUT2D eigenvalue weighted by Gasteiger charge is -2.19. The molecule has 0 unspecified atom stereocenters. The van der Waals surface area contributed by atoms with E-state index >= 15 is 0 Å². The highest BCUT2D eigenvalue weighted by Gasteiger charge is 2.20. The first-order valence-corrected chi connectivity index (χ1v) is 8.58. The van der Waals surface area contributed by atoms with E-state index < -0.39 is 0 Å². The molecule has 1 aliphatic heterocycles. The molecule has 4 rings (SSSR count). The van der Waals surface area contributed by atoms with Gasteiger partial charge in [0, 0.05) is 33.1 Å². The minimum Gasteiger partial charge on any atom is -0.345 e. The third-order valence-corrected chi connectivity index (χ3v) is 4.93. The van der Waals surface area contributed by atoms with E-state index in [4.69, 9.17) is 4.52 Å². The summed E-state index contributed by atoms with van der Waals surface area (Å²) in [6.07, 6.45) is 3.07. The Kier molecular flexibility index (Phi) is 3.74. The van der Waals surface area contributed by atoms with Crippen molar-refractivity contribution in [3.05, 3.63) is 23.6 Å². The van der Waals surface area contributed by atoms with E-state index in [9.17, 15) is 0 Å². The lowest BCUT2D eigenvalue weighted by molar-refractivity contribution is 0.272. The van der Waals surface area contributed by atoms with Crippen molar-refractivity contribution in [3.63, 3.8) is 0 Å². The smallest absolute Gasteiger partial charge is 0.223 e. The van der Waals surface area contributed by atoms with Gasteiger partial charge in [0.25, 0.3) is 0 Å². The SMILES string of the molecule is Cc1cn2nc(N3CCCN(Cc4noc(C)n4)CC3)sc2n1. The first kappa shape index (κ1) is 14.6. The van der Waals surface area contributed by atoms with E-state index in [1.54, 1.807) is 11.3 Å². The zero-order chi connectivity index (χ0) is 15.8. The lowest BCUT2D eigenvalue weighted by atomic mass is 10.4. The van der Waals surface area contributed by atoms with Crippen LogP contribution in [0.5, 0.6) is 0 Å². The second kappa shape index (κ2) is 5.89. The molecule has 3 aromatic rings. The monoisotopic (exact) mass is 333 g/mol. The molecule has 0 atom stereocenters. The average molecular weight is 333 g/mol. The molecule has 1 aliphatic rings. The first-order chi connectivity index (χ1) is 11.2. The molecule has 0 amide bonds. The average Bonchev–Trinajstić information content (AvgIpc) is 3.11. The van der Waals surface area contributed by atoms with Crippen molar-refractivity contribution in [2.75, 3.05) is 31.1 Å². The van der Waals surface area contributed by atoms with Crippen molar-refractivity contribution in [3.8, 4) is 0 Å². The molecule has 4 heterocycles. The van der Waals surface area contributed by atoms with Gasteiger partial charge in [-0.25, -0.2) is 9.50 Å². The van der Waals surface area contributed by atoms with Gasteiger partial charge in [-0.2, -0.15) is 4.98 Å². The molecule has 0 spiro atoms. The zero-order valence-corrected chi connectivity index (χ0v) is 14.1. The zero-order valence-electron chi connectivity index (χ0n) is 13.3. The summed E-state index contributed by atoms with van der Waals surface area (Å²) in [7, 11) is 0. The molecule has 0 radical (unpaired) electrons. The van der Waals surface area contributed by atoms with Crippen molar-refractivity contribution >= 4 is 21.4 Å². The molecule has 122 valence electrons. The number of anilines is 1. The summed E-state index contributed by atoms with van der Waals surface area (Å²) in [6, 6.07) is 0. The maximum absolute atomic E-state index is 5.05. The molecule has 8 nitrogen and oxygen atoms in total. The third kappa shape index (κ3) is 3.06. The predicted octanol–water partition coefficient (Wildman–Crippen LogP) is 1.50. The molecule has 0 bridgehead atoms. The standard InChI is InChI=1S/C14H19N7OS/c1-10-8-21-13(15-10)23-14(17-21)20-5-3-4-19(6-7-20)9-12-16-11(2)22-18-12/h8H,3-7,9H2,1-2H3. The number of hydrogen-bond acceptors (Lipinski definition) is 8. The molecule has 0 saturated carbocycles. The van der Waals surface area contributed by atoms with Crippen LogP contribution in [0.4, 0.5) is 5.13 Å². The fourth-order valence-corrected chi connectivity index (χ4v) is 3.83. The summed E-state index contributed by atoms with van der Waals surface area (Å²) < 4.78 is 6.92. The van der Waals surface area contributed by atoms with Crippen molar-refractivity contribution in [1.82, 2.24) is 29.6 Å². The van der Waals surface area contributed by atoms with Crippen LogP contribution in [0.15, 0.2) is 10.7 Å². The Bertz CT molecular complexity index is 776. The summed E-state index contributed by atoms with van der Waals surface area (Å²) in [5.41, 5.74) is 1.01. The Labute approximate surface area is 137 Å². The van der Waals surface area contributed by atoms with E-state index in [1.165, 1.54) is 0 Å². The fourth-order valence-electron chi connectivity index (χ4n) is 2.85. The highest BCUT2D eigenvalue weighted by atomic mass is 32.1. The summed E-state index contributed by atoms with van der Waals surface area (Å²) in [6.45, 7) is 8.52. The second-order valence-corrected chi connectivity index (χ2v) is 6.77. The Morgan fingerprint density at radius 3 is 2.87 bits per heavy atom. The van der Waals surface area contributed by atoms with Gasteiger partial charge < -0.3 is 9.42 Å². The highest BCUT2D eigenvalue weighted by molar-refractivity contribution is 7.20. The van der Waals surface area contributed by atoms with Gasteiger partial charge in [0.05, 0.1) is 18.4 Å². The van der Waals surface area contributed by atoms with E-state index in [-0.39, 0.29) is 0 Å². The number of imidazole rings is 1. The maximum atomic E-state index is 5.05. The normalized spacial score (nSPS) is 17.0. The molecular weight excluding hydrogens is 314 g/mol. The quantitative estimate of drug-likeness (QED) is 0.719. The molecule has 0 aliphatic carbocycles. The molecule has 1 fully saturated rings. The van der Waals surface area contributed by atoms with Crippen LogP contribution in [0.3, 0.4) is 0 Å². The molecule has 1 saturated heterocycles. The van der Waals surface area contributed by atoms with Crippen molar-refractivity contribution < 1.29 is 4.52 Å². The van der Waals surface area contributed by atoms with Gasteiger partial charge in [0.2, 0.25) is 16.0 Å². The van der Waals surface area contributed by atoms with Gasteiger partial charge in [-0.3, -0.25) is 4.90 Å².